The fourth-order valence-corrected chi connectivity index (χ4v) is 1.35. The molecule has 4 nitrogen and oxygen atoms in total. The molecule has 0 aromatic heterocycles. The number of nitriles is 1. The average Bonchev–Trinajstić information content (AvgIpc) is 2.29. The molecule has 0 fully saturated rings. The summed E-state index contributed by atoms with van der Waals surface area (Å²) in [5.41, 5.74) is 0.442. The fourth-order valence-electron chi connectivity index (χ4n) is 1.35. The van der Waals surface area contributed by atoms with Gasteiger partial charge in [0.05, 0.1) is 13.2 Å². The number of nitrogens with zero attached hydrogens (tertiary/aromatic N) is 1. The number of carbonyl (C=O) groups excluding carboxylic acids is 1. The minimum atomic E-state index is -0.348. The lowest BCUT2D eigenvalue weighted by Crippen LogP contribution is -2.10. The molecule has 4 heteroatoms. The quantitative estimate of drug-likeness (QED) is 0.787. The van der Waals surface area contributed by atoms with Crippen LogP contribution in [0.4, 0.5) is 0 Å². The van der Waals surface area contributed by atoms with Crippen LogP contribution in [0, 0.1) is 17.2 Å². The second-order valence-corrected chi connectivity index (χ2v) is 3.51. The molecule has 0 aliphatic carbocycles. The number of benzene rings is 1. The van der Waals surface area contributed by atoms with Gasteiger partial charge in [-0.1, -0.05) is 6.92 Å². The maximum Gasteiger partial charge on any atom is 0.166 e. The molecule has 16 heavy (non-hydrogen) atoms. The Labute approximate surface area is 94.1 Å². The highest BCUT2D eigenvalue weighted by Crippen LogP contribution is 2.27. The Bertz CT molecular complexity index is 434. The lowest BCUT2D eigenvalue weighted by Gasteiger charge is -2.08. The molecule has 84 valence electrons. The van der Waals surface area contributed by atoms with Crippen molar-refractivity contribution in [2.24, 2.45) is 5.92 Å². The van der Waals surface area contributed by atoms with Crippen LogP contribution in [0.5, 0.6) is 11.5 Å². The zero-order chi connectivity index (χ0) is 12.1. The van der Waals surface area contributed by atoms with E-state index in [1.807, 2.05) is 6.07 Å². The first-order valence-corrected chi connectivity index (χ1v) is 4.88. The topological polar surface area (TPSA) is 70.3 Å². The normalized spacial score (nSPS) is 11.6. The minimum Gasteiger partial charge on any atom is -0.504 e. The van der Waals surface area contributed by atoms with Gasteiger partial charge in [-0.2, -0.15) is 5.26 Å². The molecule has 0 aliphatic heterocycles. The van der Waals surface area contributed by atoms with Crippen LogP contribution in [0.3, 0.4) is 0 Å². The molecule has 0 amide bonds. The van der Waals surface area contributed by atoms with Crippen LogP contribution in [-0.4, -0.2) is 18.0 Å². The maximum absolute atomic E-state index is 11.8. The number of ether oxygens (including phenoxy) is 1. The number of aromatic hydroxyl groups is 1. The number of rotatable bonds is 4. The van der Waals surface area contributed by atoms with E-state index in [4.69, 9.17) is 10.00 Å². The summed E-state index contributed by atoms with van der Waals surface area (Å²) in [5, 5.41) is 17.9. The van der Waals surface area contributed by atoms with Crippen molar-refractivity contribution in [2.75, 3.05) is 7.11 Å². The van der Waals surface area contributed by atoms with Crippen LogP contribution in [0.15, 0.2) is 18.2 Å². The highest BCUT2D eigenvalue weighted by Gasteiger charge is 2.16. The summed E-state index contributed by atoms with van der Waals surface area (Å²) in [5.74, 6) is -0.221. The first kappa shape index (κ1) is 12.1. The third-order valence-corrected chi connectivity index (χ3v) is 2.31. The average molecular weight is 219 g/mol. The Balaban J connectivity index is 2.97. The van der Waals surface area contributed by atoms with Crippen LogP contribution < -0.4 is 4.74 Å². The number of hydrogen-bond acceptors (Lipinski definition) is 4. The third kappa shape index (κ3) is 2.51. The zero-order valence-corrected chi connectivity index (χ0v) is 9.23. The van der Waals surface area contributed by atoms with Gasteiger partial charge in [0.15, 0.2) is 17.3 Å². The van der Waals surface area contributed by atoms with Crippen LogP contribution in [0.2, 0.25) is 0 Å². The Morgan fingerprint density at radius 1 is 1.62 bits per heavy atom. The molecule has 0 saturated carbocycles. The molecule has 0 radical (unpaired) electrons. The lowest BCUT2D eigenvalue weighted by molar-refractivity contribution is 0.0931. The summed E-state index contributed by atoms with van der Waals surface area (Å²) in [4.78, 5) is 11.8. The SMILES string of the molecule is COc1cc(C(=O)C(C)CC#N)ccc1O. The maximum atomic E-state index is 11.8. The number of Topliss-reactive ketones (excluding diaryl/α,β-unsaturated/α-hetero) is 1. The molecule has 0 bridgehead atoms. The second-order valence-electron chi connectivity index (χ2n) is 3.51. The van der Waals surface area contributed by atoms with Crippen molar-refractivity contribution in [3.63, 3.8) is 0 Å². The zero-order valence-electron chi connectivity index (χ0n) is 9.23. The predicted molar refractivity (Wildman–Crippen MR) is 58.4 cm³/mol. The van der Waals surface area contributed by atoms with Gasteiger partial charge in [-0.05, 0) is 18.2 Å². The summed E-state index contributed by atoms with van der Waals surface area (Å²) in [6.07, 6.45) is 0.183. The predicted octanol–water partition coefficient (Wildman–Crippen LogP) is 2.13. The molecule has 1 unspecified atom stereocenters. The smallest absolute Gasteiger partial charge is 0.166 e. The van der Waals surface area contributed by atoms with Crippen LogP contribution in [0.1, 0.15) is 23.7 Å². The van der Waals surface area contributed by atoms with Crippen LogP contribution >= 0.6 is 0 Å². The molecule has 1 atom stereocenters. The Morgan fingerprint density at radius 2 is 2.31 bits per heavy atom. The molecule has 1 aromatic rings. The van der Waals surface area contributed by atoms with E-state index in [-0.39, 0.29) is 29.6 Å². The van der Waals surface area contributed by atoms with Crippen molar-refractivity contribution in [3.05, 3.63) is 23.8 Å². The van der Waals surface area contributed by atoms with Gasteiger partial charge in [0, 0.05) is 17.9 Å². The highest BCUT2D eigenvalue weighted by molar-refractivity contribution is 5.98. The molecular weight excluding hydrogens is 206 g/mol. The summed E-state index contributed by atoms with van der Waals surface area (Å²) in [7, 11) is 1.42. The third-order valence-electron chi connectivity index (χ3n) is 2.31. The first-order chi connectivity index (χ1) is 7.60. The number of hydrogen-bond donors (Lipinski definition) is 1. The molecule has 0 heterocycles. The van der Waals surface area contributed by atoms with Crippen molar-refractivity contribution < 1.29 is 14.6 Å². The fraction of sp³-hybridized carbons (Fsp3) is 0.333. The van der Waals surface area contributed by atoms with Crippen molar-refractivity contribution in [1.82, 2.24) is 0 Å². The number of methoxy groups -OCH3 is 1. The van der Waals surface area contributed by atoms with Crippen molar-refractivity contribution in [1.29, 1.82) is 5.26 Å². The summed E-state index contributed by atoms with van der Waals surface area (Å²) >= 11 is 0. The van der Waals surface area contributed by atoms with Gasteiger partial charge in [-0.15, -0.1) is 0 Å². The van der Waals surface area contributed by atoms with Gasteiger partial charge < -0.3 is 9.84 Å². The number of phenols is 1. The van der Waals surface area contributed by atoms with Crippen LogP contribution in [0.25, 0.3) is 0 Å². The monoisotopic (exact) mass is 219 g/mol. The molecule has 1 aromatic carbocycles. The largest absolute Gasteiger partial charge is 0.504 e. The van der Waals surface area contributed by atoms with E-state index in [1.54, 1.807) is 6.92 Å². The van der Waals surface area contributed by atoms with Gasteiger partial charge in [-0.25, -0.2) is 0 Å². The molecule has 0 saturated heterocycles. The van der Waals surface area contributed by atoms with E-state index in [2.05, 4.69) is 0 Å². The number of ketones is 1. The first-order valence-electron chi connectivity index (χ1n) is 4.88. The molecule has 0 aliphatic rings. The van der Waals surface area contributed by atoms with E-state index >= 15 is 0 Å². The molecule has 1 N–H and O–H groups in total. The number of carbonyl (C=O) groups is 1. The minimum absolute atomic E-state index is 0.00742. The van der Waals surface area contributed by atoms with Gasteiger partial charge in [-0.3, -0.25) is 4.79 Å². The standard InChI is InChI=1S/C12H13NO3/c1-8(5-6-13)12(15)9-3-4-10(14)11(7-9)16-2/h3-4,7-8,14H,5H2,1-2H3. The van der Waals surface area contributed by atoms with E-state index < -0.39 is 0 Å². The highest BCUT2D eigenvalue weighted by atomic mass is 16.5. The van der Waals surface area contributed by atoms with Crippen molar-refractivity contribution in [3.8, 4) is 17.6 Å². The molecule has 1 rings (SSSR count). The van der Waals surface area contributed by atoms with Crippen molar-refractivity contribution >= 4 is 5.78 Å². The second kappa shape index (κ2) is 5.17. The van der Waals surface area contributed by atoms with E-state index in [1.165, 1.54) is 25.3 Å². The number of phenolic OH excluding ortho intramolecular Hbond substituents is 1. The van der Waals surface area contributed by atoms with Gasteiger partial charge in [0.25, 0.3) is 0 Å². The van der Waals surface area contributed by atoms with Gasteiger partial charge >= 0.3 is 0 Å². The van der Waals surface area contributed by atoms with E-state index in [0.29, 0.717) is 5.56 Å². The van der Waals surface area contributed by atoms with E-state index in [0.717, 1.165) is 0 Å². The lowest BCUT2D eigenvalue weighted by atomic mass is 9.97. The summed E-state index contributed by atoms with van der Waals surface area (Å²) in [6.45, 7) is 1.70. The van der Waals surface area contributed by atoms with Gasteiger partial charge in [0.1, 0.15) is 0 Å². The Morgan fingerprint density at radius 3 is 2.88 bits per heavy atom. The Hall–Kier alpha value is -2.02. The Kier molecular flexibility index (Phi) is 3.90. The van der Waals surface area contributed by atoms with Gasteiger partial charge in [0.2, 0.25) is 0 Å². The summed E-state index contributed by atoms with van der Waals surface area (Å²) in [6, 6.07) is 6.36. The molecular formula is C12H13NO3. The van der Waals surface area contributed by atoms with Crippen LogP contribution in [-0.2, 0) is 0 Å². The molecule has 0 spiro atoms. The van der Waals surface area contributed by atoms with E-state index in [9.17, 15) is 9.90 Å². The summed E-state index contributed by atoms with van der Waals surface area (Å²) < 4.78 is 4.91. The van der Waals surface area contributed by atoms with Crippen molar-refractivity contribution in [2.45, 2.75) is 13.3 Å².